The third-order valence-electron chi connectivity index (χ3n) is 2.77. The maximum absolute atomic E-state index is 12.3. The number of benzene rings is 1. The Bertz CT molecular complexity index is 647. The van der Waals surface area contributed by atoms with Gasteiger partial charge in [-0.25, -0.2) is 9.97 Å². The van der Waals surface area contributed by atoms with Crippen molar-refractivity contribution in [2.45, 2.75) is 33.2 Å². The first-order valence-corrected chi connectivity index (χ1v) is 6.83. The monoisotopic (exact) mass is 284 g/mol. The molecule has 1 amide bonds. The van der Waals surface area contributed by atoms with Crippen LogP contribution >= 0.6 is 0 Å². The van der Waals surface area contributed by atoms with Crippen molar-refractivity contribution in [1.29, 1.82) is 0 Å². The summed E-state index contributed by atoms with van der Waals surface area (Å²) < 4.78 is 0. The first-order valence-electron chi connectivity index (χ1n) is 6.83. The second-order valence-corrected chi connectivity index (χ2v) is 5.91. The van der Waals surface area contributed by atoms with Crippen LogP contribution in [0, 0.1) is 6.92 Å². The molecule has 0 radical (unpaired) electrons. The molecule has 0 aliphatic rings. The van der Waals surface area contributed by atoms with E-state index in [1.165, 1.54) is 0 Å². The predicted molar refractivity (Wildman–Crippen MR) is 84.5 cm³/mol. The van der Waals surface area contributed by atoms with Crippen LogP contribution in [0.3, 0.4) is 0 Å². The molecule has 0 saturated heterocycles. The van der Waals surface area contributed by atoms with E-state index >= 15 is 0 Å². The third-order valence-corrected chi connectivity index (χ3v) is 2.77. The number of amides is 1. The van der Waals surface area contributed by atoms with Crippen molar-refractivity contribution in [3.8, 4) is 0 Å². The number of aryl methyl sites for hydroxylation is 1. The smallest absolute Gasteiger partial charge is 0.274 e. The standard InChI is InChI=1S/C16H20N4O/c1-11-7-5-6-8-12(11)18-14(21)13-9-10-17-15(19-13)20-16(2,3)4/h5-10H,1-4H3,(H,18,21)(H,17,19,20). The molecule has 0 aliphatic heterocycles. The van der Waals surface area contributed by atoms with Crippen LogP contribution in [-0.4, -0.2) is 21.4 Å². The van der Waals surface area contributed by atoms with Gasteiger partial charge >= 0.3 is 0 Å². The Kier molecular flexibility index (Phi) is 4.21. The number of hydrogen-bond acceptors (Lipinski definition) is 4. The summed E-state index contributed by atoms with van der Waals surface area (Å²) in [5, 5.41) is 6.01. The molecule has 2 N–H and O–H groups in total. The molecule has 0 bridgehead atoms. The Morgan fingerprint density at radius 2 is 1.86 bits per heavy atom. The average Bonchev–Trinajstić information content (AvgIpc) is 2.39. The average molecular weight is 284 g/mol. The highest BCUT2D eigenvalue weighted by Gasteiger charge is 2.14. The summed E-state index contributed by atoms with van der Waals surface area (Å²) >= 11 is 0. The predicted octanol–water partition coefficient (Wildman–Crippen LogP) is 3.25. The van der Waals surface area contributed by atoms with Gasteiger partial charge in [-0.3, -0.25) is 4.79 Å². The summed E-state index contributed by atoms with van der Waals surface area (Å²) in [5.41, 5.74) is 1.96. The van der Waals surface area contributed by atoms with E-state index in [2.05, 4.69) is 20.6 Å². The molecule has 1 heterocycles. The maximum atomic E-state index is 12.3. The molecule has 1 aromatic carbocycles. The molecule has 5 nitrogen and oxygen atoms in total. The number of para-hydroxylation sites is 1. The van der Waals surface area contributed by atoms with Crippen LogP contribution in [0.1, 0.15) is 36.8 Å². The first-order chi connectivity index (χ1) is 9.85. The molecule has 0 atom stereocenters. The lowest BCUT2D eigenvalue weighted by Gasteiger charge is -2.20. The number of nitrogens with zero attached hydrogens (tertiary/aromatic N) is 2. The molecule has 2 rings (SSSR count). The lowest BCUT2D eigenvalue weighted by molar-refractivity contribution is 0.102. The largest absolute Gasteiger partial charge is 0.350 e. The summed E-state index contributed by atoms with van der Waals surface area (Å²) in [5.74, 6) is 0.198. The SMILES string of the molecule is Cc1ccccc1NC(=O)c1ccnc(NC(C)(C)C)n1. The van der Waals surface area contributed by atoms with E-state index in [9.17, 15) is 4.79 Å². The van der Waals surface area contributed by atoms with Crippen LogP contribution in [0.2, 0.25) is 0 Å². The van der Waals surface area contributed by atoms with E-state index in [4.69, 9.17) is 0 Å². The molecule has 110 valence electrons. The van der Waals surface area contributed by atoms with Crippen LogP contribution < -0.4 is 10.6 Å². The van der Waals surface area contributed by atoms with Crippen molar-refractivity contribution in [1.82, 2.24) is 9.97 Å². The Labute approximate surface area is 124 Å². The van der Waals surface area contributed by atoms with Crippen molar-refractivity contribution in [2.75, 3.05) is 10.6 Å². The normalized spacial score (nSPS) is 11.0. The van der Waals surface area contributed by atoms with Crippen LogP contribution in [-0.2, 0) is 0 Å². The molecule has 21 heavy (non-hydrogen) atoms. The van der Waals surface area contributed by atoms with Gasteiger partial charge in [-0.1, -0.05) is 18.2 Å². The molecule has 0 fully saturated rings. The number of aromatic nitrogens is 2. The van der Waals surface area contributed by atoms with E-state index in [0.29, 0.717) is 11.6 Å². The van der Waals surface area contributed by atoms with E-state index in [1.807, 2.05) is 52.0 Å². The maximum Gasteiger partial charge on any atom is 0.274 e. The van der Waals surface area contributed by atoms with Gasteiger partial charge in [0.15, 0.2) is 0 Å². The Morgan fingerprint density at radius 3 is 2.52 bits per heavy atom. The van der Waals surface area contributed by atoms with E-state index in [1.54, 1.807) is 12.3 Å². The number of rotatable bonds is 3. The zero-order valence-corrected chi connectivity index (χ0v) is 12.8. The summed E-state index contributed by atoms with van der Waals surface area (Å²) in [4.78, 5) is 20.6. The molecule has 5 heteroatoms. The van der Waals surface area contributed by atoms with E-state index in [0.717, 1.165) is 11.3 Å². The van der Waals surface area contributed by atoms with Crippen LogP contribution in [0.25, 0.3) is 0 Å². The highest BCUT2D eigenvalue weighted by atomic mass is 16.1. The van der Waals surface area contributed by atoms with Crippen LogP contribution in [0.4, 0.5) is 11.6 Å². The molecule has 1 aromatic heterocycles. The second kappa shape index (κ2) is 5.91. The van der Waals surface area contributed by atoms with Crippen molar-refractivity contribution in [3.63, 3.8) is 0 Å². The van der Waals surface area contributed by atoms with Gasteiger partial charge < -0.3 is 10.6 Å². The van der Waals surface area contributed by atoms with Crippen molar-refractivity contribution < 1.29 is 4.79 Å². The Morgan fingerprint density at radius 1 is 1.14 bits per heavy atom. The summed E-state index contributed by atoms with van der Waals surface area (Å²) in [6, 6.07) is 9.22. The zero-order valence-electron chi connectivity index (χ0n) is 12.8. The minimum Gasteiger partial charge on any atom is -0.350 e. The second-order valence-electron chi connectivity index (χ2n) is 5.91. The topological polar surface area (TPSA) is 66.9 Å². The summed E-state index contributed by atoms with van der Waals surface area (Å²) in [7, 11) is 0. The molecule has 0 saturated carbocycles. The fraction of sp³-hybridized carbons (Fsp3) is 0.312. The molecule has 2 aromatic rings. The van der Waals surface area contributed by atoms with Crippen molar-refractivity contribution >= 4 is 17.5 Å². The fourth-order valence-corrected chi connectivity index (χ4v) is 1.78. The van der Waals surface area contributed by atoms with Crippen LogP contribution in [0.5, 0.6) is 0 Å². The zero-order chi connectivity index (χ0) is 15.5. The van der Waals surface area contributed by atoms with Gasteiger partial charge in [0.25, 0.3) is 5.91 Å². The molecular weight excluding hydrogens is 264 g/mol. The number of carbonyl (C=O) groups is 1. The molecule has 0 unspecified atom stereocenters. The summed E-state index contributed by atoms with van der Waals surface area (Å²) in [6.07, 6.45) is 1.58. The van der Waals surface area contributed by atoms with E-state index in [-0.39, 0.29) is 11.4 Å². The Balaban J connectivity index is 2.16. The minimum atomic E-state index is -0.247. The number of hydrogen-bond donors (Lipinski definition) is 2. The van der Waals surface area contributed by atoms with Gasteiger partial charge in [-0.15, -0.1) is 0 Å². The quantitative estimate of drug-likeness (QED) is 0.908. The molecular formula is C16H20N4O. The van der Waals surface area contributed by atoms with Gasteiger partial charge in [0.2, 0.25) is 5.95 Å². The van der Waals surface area contributed by atoms with Crippen molar-refractivity contribution in [2.24, 2.45) is 0 Å². The number of anilines is 2. The Hall–Kier alpha value is -2.43. The minimum absolute atomic E-state index is 0.162. The fourth-order valence-electron chi connectivity index (χ4n) is 1.78. The number of nitrogens with one attached hydrogen (secondary N) is 2. The van der Waals surface area contributed by atoms with E-state index < -0.39 is 0 Å². The lowest BCUT2D eigenvalue weighted by atomic mass is 10.1. The van der Waals surface area contributed by atoms with Gasteiger partial charge in [0.1, 0.15) is 5.69 Å². The highest BCUT2D eigenvalue weighted by Crippen LogP contribution is 2.15. The van der Waals surface area contributed by atoms with Crippen LogP contribution in [0.15, 0.2) is 36.5 Å². The van der Waals surface area contributed by atoms with Gasteiger partial charge in [0.05, 0.1) is 0 Å². The third kappa shape index (κ3) is 4.27. The highest BCUT2D eigenvalue weighted by molar-refractivity contribution is 6.03. The van der Waals surface area contributed by atoms with Crippen molar-refractivity contribution in [3.05, 3.63) is 47.8 Å². The summed E-state index contributed by atoms with van der Waals surface area (Å²) in [6.45, 7) is 7.98. The lowest BCUT2D eigenvalue weighted by Crippen LogP contribution is -2.28. The van der Waals surface area contributed by atoms with Gasteiger partial charge in [-0.05, 0) is 45.4 Å². The molecule has 0 spiro atoms. The van der Waals surface area contributed by atoms with Gasteiger partial charge in [-0.2, -0.15) is 0 Å². The van der Waals surface area contributed by atoms with Gasteiger partial charge in [0, 0.05) is 17.4 Å². The first kappa shape index (κ1) is 15.0. The molecule has 0 aliphatic carbocycles. The number of carbonyl (C=O) groups excluding carboxylic acids is 1.